The monoisotopic (exact) mass is 276 g/mol. The lowest BCUT2D eigenvalue weighted by atomic mass is 10.1. The fourth-order valence-electron chi connectivity index (χ4n) is 2.42. The molecule has 1 aromatic carbocycles. The van der Waals surface area contributed by atoms with Crippen molar-refractivity contribution in [3.05, 3.63) is 23.8 Å². The minimum absolute atomic E-state index is 0.361. The molecule has 1 saturated heterocycles. The molecule has 1 fully saturated rings. The highest BCUT2D eigenvalue weighted by molar-refractivity contribution is 5.96. The summed E-state index contributed by atoms with van der Waals surface area (Å²) in [5, 5.41) is 0. The Morgan fingerprint density at radius 2 is 1.85 bits per heavy atom. The number of hydrogen-bond donors (Lipinski definition) is 1. The number of nitrogen functional groups attached to an aromatic ring is 1. The molecule has 2 rings (SSSR count). The summed E-state index contributed by atoms with van der Waals surface area (Å²) in [6.45, 7) is 7.67. The summed E-state index contributed by atoms with van der Waals surface area (Å²) < 4.78 is 5.36. The van der Waals surface area contributed by atoms with E-state index >= 15 is 0 Å². The number of ether oxygens (including phenoxy) is 1. The number of nitrogens with zero attached hydrogens (tertiary/aromatic N) is 1. The maximum absolute atomic E-state index is 12.1. The van der Waals surface area contributed by atoms with Gasteiger partial charge in [0.1, 0.15) is 5.60 Å². The predicted molar refractivity (Wildman–Crippen MR) is 82.1 cm³/mol. The van der Waals surface area contributed by atoms with Crippen molar-refractivity contribution in [2.45, 2.75) is 45.6 Å². The van der Waals surface area contributed by atoms with E-state index in [1.54, 1.807) is 6.07 Å². The van der Waals surface area contributed by atoms with Crippen molar-refractivity contribution >= 4 is 17.3 Å². The van der Waals surface area contributed by atoms with Crippen LogP contribution in [0, 0.1) is 0 Å². The third-order valence-corrected chi connectivity index (χ3v) is 3.38. The highest BCUT2D eigenvalue weighted by Gasteiger charge is 2.20. The van der Waals surface area contributed by atoms with Gasteiger partial charge in [0.25, 0.3) is 0 Å². The zero-order valence-corrected chi connectivity index (χ0v) is 12.6. The number of nitrogens with two attached hydrogens (primary N) is 1. The van der Waals surface area contributed by atoms with Gasteiger partial charge in [-0.2, -0.15) is 0 Å². The van der Waals surface area contributed by atoms with E-state index in [2.05, 4.69) is 4.90 Å². The third-order valence-electron chi connectivity index (χ3n) is 3.38. The molecule has 0 aromatic heterocycles. The number of carbonyl (C=O) groups excluding carboxylic acids is 1. The Balaban J connectivity index is 2.15. The molecule has 0 amide bonds. The molecule has 0 saturated carbocycles. The van der Waals surface area contributed by atoms with Crippen LogP contribution in [0.15, 0.2) is 18.2 Å². The number of esters is 1. The number of anilines is 2. The lowest BCUT2D eigenvalue weighted by molar-refractivity contribution is 0.00708. The summed E-state index contributed by atoms with van der Waals surface area (Å²) in [6.07, 6.45) is 3.73. The van der Waals surface area contributed by atoms with Gasteiger partial charge in [0.2, 0.25) is 0 Å². The van der Waals surface area contributed by atoms with Crippen molar-refractivity contribution in [2.75, 3.05) is 23.7 Å². The number of rotatable bonds is 2. The lowest BCUT2D eigenvalue weighted by Gasteiger charge is -2.29. The molecule has 4 heteroatoms. The van der Waals surface area contributed by atoms with Crippen LogP contribution in [0.1, 0.15) is 50.4 Å². The Kier molecular flexibility index (Phi) is 4.21. The highest BCUT2D eigenvalue weighted by Crippen LogP contribution is 2.25. The summed E-state index contributed by atoms with van der Waals surface area (Å²) in [5.74, 6) is -0.361. The van der Waals surface area contributed by atoms with E-state index in [1.807, 2.05) is 32.9 Å². The Bertz CT molecular complexity index is 486. The van der Waals surface area contributed by atoms with Crippen LogP contribution < -0.4 is 10.6 Å². The summed E-state index contributed by atoms with van der Waals surface area (Å²) in [4.78, 5) is 14.4. The van der Waals surface area contributed by atoms with E-state index in [-0.39, 0.29) is 5.97 Å². The molecule has 0 bridgehead atoms. The molecule has 1 aromatic rings. The first-order valence-electron chi connectivity index (χ1n) is 7.25. The zero-order chi connectivity index (χ0) is 14.8. The van der Waals surface area contributed by atoms with Gasteiger partial charge in [-0.15, -0.1) is 0 Å². The Morgan fingerprint density at radius 1 is 1.20 bits per heavy atom. The highest BCUT2D eigenvalue weighted by atomic mass is 16.6. The Labute approximate surface area is 120 Å². The van der Waals surface area contributed by atoms with Crippen molar-refractivity contribution in [3.8, 4) is 0 Å². The molecule has 0 unspecified atom stereocenters. The van der Waals surface area contributed by atoms with Crippen LogP contribution in [0.5, 0.6) is 0 Å². The summed E-state index contributed by atoms with van der Waals surface area (Å²) in [6, 6.07) is 5.61. The fraction of sp³-hybridized carbons (Fsp3) is 0.562. The van der Waals surface area contributed by atoms with Gasteiger partial charge in [-0.05, 0) is 58.2 Å². The number of hydrogen-bond acceptors (Lipinski definition) is 4. The summed E-state index contributed by atoms with van der Waals surface area (Å²) >= 11 is 0. The van der Waals surface area contributed by atoms with Gasteiger partial charge in [0, 0.05) is 24.5 Å². The zero-order valence-electron chi connectivity index (χ0n) is 12.6. The van der Waals surface area contributed by atoms with Gasteiger partial charge in [0.15, 0.2) is 0 Å². The van der Waals surface area contributed by atoms with Crippen LogP contribution >= 0.6 is 0 Å². The Morgan fingerprint density at radius 3 is 2.40 bits per heavy atom. The normalized spacial score (nSPS) is 16.1. The molecule has 0 radical (unpaired) electrons. The first kappa shape index (κ1) is 14.7. The van der Waals surface area contributed by atoms with Gasteiger partial charge in [-0.25, -0.2) is 4.79 Å². The minimum Gasteiger partial charge on any atom is -0.456 e. The van der Waals surface area contributed by atoms with Crippen LogP contribution in [0.3, 0.4) is 0 Å². The van der Waals surface area contributed by atoms with Crippen molar-refractivity contribution in [2.24, 2.45) is 0 Å². The number of piperidine rings is 1. The van der Waals surface area contributed by atoms with Crippen LogP contribution in [-0.4, -0.2) is 24.7 Å². The topological polar surface area (TPSA) is 55.6 Å². The maximum Gasteiger partial charge on any atom is 0.340 e. The molecular weight excluding hydrogens is 252 g/mol. The molecule has 0 atom stereocenters. The fourth-order valence-corrected chi connectivity index (χ4v) is 2.42. The molecule has 4 nitrogen and oxygen atoms in total. The first-order valence-corrected chi connectivity index (χ1v) is 7.25. The second-order valence-electron chi connectivity index (χ2n) is 6.32. The Hall–Kier alpha value is -1.71. The molecule has 1 aliphatic heterocycles. The summed E-state index contributed by atoms with van der Waals surface area (Å²) in [7, 11) is 0. The van der Waals surface area contributed by atoms with Crippen molar-refractivity contribution < 1.29 is 9.53 Å². The first-order chi connectivity index (χ1) is 9.37. The van der Waals surface area contributed by atoms with Crippen LogP contribution in [-0.2, 0) is 4.74 Å². The van der Waals surface area contributed by atoms with Gasteiger partial charge in [-0.1, -0.05) is 0 Å². The van der Waals surface area contributed by atoms with Gasteiger partial charge >= 0.3 is 5.97 Å². The molecule has 1 heterocycles. The largest absolute Gasteiger partial charge is 0.456 e. The average Bonchev–Trinajstić information content (AvgIpc) is 2.37. The van der Waals surface area contributed by atoms with E-state index in [9.17, 15) is 4.79 Å². The third kappa shape index (κ3) is 3.65. The smallest absolute Gasteiger partial charge is 0.340 e. The van der Waals surface area contributed by atoms with E-state index in [0.717, 1.165) is 18.8 Å². The molecule has 20 heavy (non-hydrogen) atoms. The van der Waals surface area contributed by atoms with Crippen molar-refractivity contribution in [1.29, 1.82) is 0 Å². The molecule has 110 valence electrons. The second kappa shape index (κ2) is 5.73. The SMILES string of the molecule is CC(C)(C)OC(=O)c1ccc(N2CCCCC2)cc1N. The van der Waals surface area contributed by atoms with E-state index < -0.39 is 5.60 Å². The van der Waals surface area contributed by atoms with Crippen LogP contribution in [0.2, 0.25) is 0 Å². The minimum atomic E-state index is -0.505. The maximum atomic E-state index is 12.1. The van der Waals surface area contributed by atoms with Crippen molar-refractivity contribution in [3.63, 3.8) is 0 Å². The number of carbonyl (C=O) groups is 1. The average molecular weight is 276 g/mol. The molecule has 0 aliphatic carbocycles. The standard InChI is InChI=1S/C16H24N2O2/c1-16(2,3)20-15(19)13-8-7-12(11-14(13)17)18-9-5-4-6-10-18/h7-8,11H,4-6,9-10,17H2,1-3H3. The van der Waals surface area contributed by atoms with Crippen LogP contribution in [0.4, 0.5) is 11.4 Å². The lowest BCUT2D eigenvalue weighted by Crippen LogP contribution is -2.29. The molecule has 1 aliphatic rings. The predicted octanol–water partition coefficient (Wildman–Crippen LogP) is 3.21. The van der Waals surface area contributed by atoms with E-state index in [4.69, 9.17) is 10.5 Å². The molecule has 2 N–H and O–H groups in total. The quantitative estimate of drug-likeness (QED) is 0.665. The van der Waals surface area contributed by atoms with Gasteiger partial charge in [-0.3, -0.25) is 0 Å². The summed E-state index contributed by atoms with van der Waals surface area (Å²) in [5.41, 5.74) is 7.54. The van der Waals surface area contributed by atoms with Crippen LogP contribution in [0.25, 0.3) is 0 Å². The second-order valence-corrected chi connectivity index (χ2v) is 6.32. The van der Waals surface area contributed by atoms with Gasteiger partial charge < -0.3 is 15.4 Å². The van der Waals surface area contributed by atoms with E-state index in [0.29, 0.717) is 11.3 Å². The van der Waals surface area contributed by atoms with Gasteiger partial charge in [0.05, 0.1) is 5.56 Å². The van der Waals surface area contributed by atoms with E-state index in [1.165, 1.54) is 19.3 Å². The van der Waals surface area contributed by atoms with Crippen molar-refractivity contribution in [1.82, 2.24) is 0 Å². The molecule has 0 spiro atoms. The molecular formula is C16H24N2O2. The number of benzene rings is 1.